The molecule has 0 aromatic carbocycles. The van der Waals surface area contributed by atoms with Gasteiger partial charge in [-0.15, -0.1) is 0 Å². The summed E-state index contributed by atoms with van der Waals surface area (Å²) in [6.45, 7) is 2.79. The molecule has 2 aliphatic rings. The first-order valence-electron chi connectivity index (χ1n) is 5.73. The number of carbonyl (C=O) groups excluding carboxylic acids is 2. The van der Waals surface area contributed by atoms with Gasteiger partial charge < -0.3 is 15.2 Å². The van der Waals surface area contributed by atoms with Crippen molar-refractivity contribution in [2.45, 2.75) is 6.10 Å². The third-order valence-electron chi connectivity index (χ3n) is 2.94. The lowest BCUT2D eigenvalue weighted by molar-refractivity contribution is -0.131. The SMILES string of the molecule is O=C(CN1CCOC(CO)C1)N1CCNC1=O. The van der Waals surface area contributed by atoms with Crippen molar-refractivity contribution in [1.82, 2.24) is 15.1 Å². The second-order valence-electron chi connectivity index (χ2n) is 4.19. The molecular formula is C10H17N3O4. The second-order valence-corrected chi connectivity index (χ2v) is 4.19. The fraction of sp³-hybridized carbons (Fsp3) is 0.800. The third kappa shape index (κ3) is 2.93. The Morgan fingerprint density at radius 1 is 1.53 bits per heavy atom. The quantitative estimate of drug-likeness (QED) is 0.613. The first kappa shape index (κ1) is 12.3. The van der Waals surface area contributed by atoms with Crippen LogP contribution >= 0.6 is 0 Å². The minimum Gasteiger partial charge on any atom is -0.394 e. The number of hydrogen-bond donors (Lipinski definition) is 2. The second kappa shape index (κ2) is 5.44. The average Bonchev–Trinajstić information content (AvgIpc) is 2.76. The number of aliphatic hydroxyl groups is 1. The van der Waals surface area contributed by atoms with Crippen molar-refractivity contribution in [3.05, 3.63) is 0 Å². The number of ether oxygens (including phenoxy) is 1. The molecule has 2 fully saturated rings. The lowest BCUT2D eigenvalue weighted by Gasteiger charge is -2.32. The van der Waals surface area contributed by atoms with Gasteiger partial charge in [0.1, 0.15) is 0 Å². The normalized spacial score (nSPS) is 26.1. The number of amides is 3. The minimum atomic E-state index is -0.318. The lowest BCUT2D eigenvalue weighted by Crippen LogP contribution is -2.49. The zero-order valence-corrected chi connectivity index (χ0v) is 9.59. The van der Waals surface area contributed by atoms with Gasteiger partial charge in [0, 0.05) is 26.2 Å². The summed E-state index contributed by atoms with van der Waals surface area (Å²) in [5.74, 6) is -0.196. The van der Waals surface area contributed by atoms with Crippen molar-refractivity contribution >= 4 is 11.9 Å². The number of nitrogens with one attached hydrogen (secondary N) is 1. The average molecular weight is 243 g/mol. The van der Waals surface area contributed by atoms with E-state index in [1.165, 1.54) is 4.90 Å². The largest absolute Gasteiger partial charge is 0.394 e. The molecule has 0 radical (unpaired) electrons. The molecule has 1 atom stereocenters. The van der Waals surface area contributed by atoms with Crippen molar-refractivity contribution in [3.8, 4) is 0 Å². The van der Waals surface area contributed by atoms with Gasteiger partial charge in [-0.1, -0.05) is 0 Å². The third-order valence-corrected chi connectivity index (χ3v) is 2.94. The maximum absolute atomic E-state index is 11.8. The van der Waals surface area contributed by atoms with Crippen LogP contribution in [0.5, 0.6) is 0 Å². The molecule has 2 saturated heterocycles. The summed E-state index contributed by atoms with van der Waals surface area (Å²) < 4.78 is 5.29. The van der Waals surface area contributed by atoms with Crippen molar-refractivity contribution in [1.29, 1.82) is 0 Å². The number of carbonyl (C=O) groups is 2. The van der Waals surface area contributed by atoms with Crippen molar-refractivity contribution < 1.29 is 19.4 Å². The van der Waals surface area contributed by atoms with Gasteiger partial charge in [-0.05, 0) is 0 Å². The molecule has 17 heavy (non-hydrogen) atoms. The van der Waals surface area contributed by atoms with Gasteiger partial charge in [0.05, 0.1) is 25.9 Å². The molecule has 3 amide bonds. The highest BCUT2D eigenvalue weighted by atomic mass is 16.5. The smallest absolute Gasteiger partial charge is 0.324 e. The summed E-state index contributed by atoms with van der Waals surface area (Å²) in [7, 11) is 0. The fourth-order valence-electron chi connectivity index (χ4n) is 2.02. The first-order valence-corrected chi connectivity index (χ1v) is 5.73. The predicted molar refractivity (Wildman–Crippen MR) is 58.4 cm³/mol. The first-order chi connectivity index (χ1) is 8.20. The van der Waals surface area contributed by atoms with Crippen LogP contribution in [0, 0.1) is 0 Å². The Morgan fingerprint density at radius 2 is 2.35 bits per heavy atom. The van der Waals surface area contributed by atoms with Crippen LogP contribution in [0.15, 0.2) is 0 Å². The Labute approximate surface area is 99.3 Å². The Morgan fingerprint density at radius 3 is 3.00 bits per heavy atom. The Bertz CT molecular complexity index is 310. The summed E-state index contributed by atoms with van der Waals surface area (Å²) >= 11 is 0. The zero-order valence-electron chi connectivity index (χ0n) is 9.59. The number of rotatable bonds is 3. The van der Waals surface area contributed by atoms with Gasteiger partial charge in [-0.3, -0.25) is 14.6 Å². The Hall–Kier alpha value is -1.18. The van der Waals surface area contributed by atoms with Gasteiger partial charge >= 0.3 is 6.03 Å². The predicted octanol–water partition coefficient (Wildman–Crippen LogP) is -1.77. The molecule has 96 valence electrons. The molecule has 2 rings (SSSR count). The molecule has 0 aromatic rings. The number of urea groups is 1. The standard InChI is InChI=1S/C10H17N3O4/c14-7-8-5-12(3-4-17-8)6-9(15)13-2-1-11-10(13)16/h8,14H,1-7H2,(H,11,16). The zero-order chi connectivity index (χ0) is 12.3. The van der Waals surface area contributed by atoms with Crippen molar-refractivity contribution in [3.63, 3.8) is 0 Å². The monoisotopic (exact) mass is 243 g/mol. The van der Waals surface area contributed by atoms with Crippen LogP contribution in [0.4, 0.5) is 4.79 Å². The number of nitrogens with zero attached hydrogens (tertiary/aromatic N) is 2. The van der Waals surface area contributed by atoms with Crippen LogP contribution < -0.4 is 5.32 Å². The van der Waals surface area contributed by atoms with E-state index in [1.807, 2.05) is 4.90 Å². The molecule has 0 bridgehead atoms. The topological polar surface area (TPSA) is 82.1 Å². The molecule has 2 N–H and O–H groups in total. The maximum atomic E-state index is 11.8. The van der Waals surface area contributed by atoms with Gasteiger partial charge in [-0.25, -0.2) is 4.79 Å². The summed E-state index contributed by atoms with van der Waals surface area (Å²) in [5.41, 5.74) is 0. The van der Waals surface area contributed by atoms with Gasteiger partial charge in [-0.2, -0.15) is 0 Å². The van der Waals surface area contributed by atoms with E-state index in [9.17, 15) is 9.59 Å². The number of aliphatic hydroxyl groups excluding tert-OH is 1. The van der Waals surface area contributed by atoms with E-state index in [2.05, 4.69) is 5.32 Å². The fourth-order valence-corrected chi connectivity index (χ4v) is 2.02. The van der Waals surface area contributed by atoms with Crippen molar-refractivity contribution in [2.24, 2.45) is 0 Å². The molecule has 0 aromatic heterocycles. The van der Waals surface area contributed by atoms with E-state index in [-0.39, 0.29) is 31.2 Å². The lowest BCUT2D eigenvalue weighted by atomic mass is 10.3. The van der Waals surface area contributed by atoms with Gasteiger partial charge in [0.2, 0.25) is 5.91 Å². The highest BCUT2D eigenvalue weighted by molar-refractivity contribution is 5.96. The van der Waals surface area contributed by atoms with Crippen LogP contribution in [-0.2, 0) is 9.53 Å². The van der Waals surface area contributed by atoms with Crippen LogP contribution in [0.25, 0.3) is 0 Å². The number of hydrogen-bond acceptors (Lipinski definition) is 5. The van der Waals surface area contributed by atoms with Crippen LogP contribution in [0.1, 0.15) is 0 Å². The summed E-state index contributed by atoms with van der Waals surface area (Å²) in [6, 6.07) is -0.318. The maximum Gasteiger partial charge on any atom is 0.324 e. The molecule has 7 heteroatoms. The van der Waals surface area contributed by atoms with E-state index in [1.54, 1.807) is 0 Å². The summed E-state index contributed by atoms with van der Waals surface area (Å²) in [4.78, 5) is 26.3. The molecule has 2 aliphatic heterocycles. The Kier molecular flexibility index (Phi) is 3.93. The minimum absolute atomic E-state index is 0.0467. The van der Waals surface area contributed by atoms with E-state index < -0.39 is 0 Å². The highest BCUT2D eigenvalue weighted by Gasteiger charge is 2.29. The molecule has 0 saturated carbocycles. The van der Waals surface area contributed by atoms with Gasteiger partial charge in [0.15, 0.2) is 0 Å². The molecule has 1 unspecified atom stereocenters. The molecule has 2 heterocycles. The summed E-state index contributed by atoms with van der Waals surface area (Å²) in [6.07, 6.45) is -0.232. The van der Waals surface area contributed by atoms with E-state index in [0.29, 0.717) is 32.8 Å². The summed E-state index contributed by atoms with van der Waals surface area (Å²) in [5, 5.41) is 11.6. The highest BCUT2D eigenvalue weighted by Crippen LogP contribution is 2.06. The van der Waals surface area contributed by atoms with Crippen LogP contribution in [-0.4, -0.2) is 78.9 Å². The molecule has 0 spiro atoms. The van der Waals surface area contributed by atoms with E-state index in [0.717, 1.165) is 0 Å². The van der Waals surface area contributed by atoms with Crippen molar-refractivity contribution in [2.75, 3.05) is 45.9 Å². The van der Waals surface area contributed by atoms with E-state index in [4.69, 9.17) is 9.84 Å². The van der Waals surface area contributed by atoms with Crippen LogP contribution in [0.2, 0.25) is 0 Å². The molecule has 0 aliphatic carbocycles. The van der Waals surface area contributed by atoms with E-state index >= 15 is 0 Å². The number of morpholine rings is 1. The van der Waals surface area contributed by atoms with Crippen LogP contribution in [0.3, 0.4) is 0 Å². The molecule has 7 nitrogen and oxygen atoms in total. The number of imide groups is 1. The molecular weight excluding hydrogens is 226 g/mol. The Balaban J connectivity index is 1.83. The van der Waals surface area contributed by atoms with Gasteiger partial charge in [0.25, 0.3) is 0 Å².